The Hall–Kier alpha value is -1.57. The second kappa shape index (κ2) is 3.71. The zero-order chi connectivity index (χ0) is 12.9. The predicted molar refractivity (Wildman–Crippen MR) is 71.6 cm³/mol. The fraction of sp³-hybridized carbons (Fsp3) is 0.438. The number of aryl methyl sites for hydroxylation is 1. The predicted octanol–water partition coefficient (Wildman–Crippen LogP) is 3.53. The van der Waals surface area contributed by atoms with Gasteiger partial charge in [-0.2, -0.15) is 0 Å². The molecular weight excluding hydrogens is 224 g/mol. The molecule has 0 amide bonds. The van der Waals surface area contributed by atoms with E-state index in [1.807, 2.05) is 18.2 Å². The number of hydrogen-bond donors (Lipinski definition) is 0. The highest BCUT2D eigenvalue weighted by molar-refractivity contribution is 6.02. The minimum Gasteiger partial charge on any atom is -0.484 e. The van der Waals surface area contributed by atoms with Crippen molar-refractivity contribution >= 4 is 11.9 Å². The number of hydrogen-bond acceptors (Lipinski definition) is 2. The lowest BCUT2D eigenvalue weighted by molar-refractivity contribution is -0.120. The Bertz CT molecular complexity index is 552. The minimum absolute atomic E-state index is 0.0275. The largest absolute Gasteiger partial charge is 0.484 e. The molecule has 1 aliphatic carbocycles. The van der Waals surface area contributed by atoms with E-state index in [9.17, 15) is 4.79 Å². The van der Waals surface area contributed by atoms with Gasteiger partial charge in [0.05, 0.1) is 0 Å². The van der Waals surface area contributed by atoms with Gasteiger partial charge >= 0.3 is 0 Å². The quantitative estimate of drug-likeness (QED) is 0.695. The molecule has 2 aliphatic rings. The number of rotatable bonds is 0. The van der Waals surface area contributed by atoms with Crippen molar-refractivity contribution in [3.05, 3.63) is 34.9 Å². The van der Waals surface area contributed by atoms with Crippen molar-refractivity contribution in [3.8, 4) is 5.75 Å². The number of Topliss-reactive ketones (excluding diaryl/α,β-unsaturated/α-hetero) is 1. The van der Waals surface area contributed by atoms with Crippen LogP contribution >= 0.6 is 0 Å². The molecule has 3 rings (SSSR count). The fourth-order valence-electron chi connectivity index (χ4n) is 2.89. The first-order valence-corrected chi connectivity index (χ1v) is 6.50. The number of carbonyl (C=O) groups excluding carboxylic acids is 1. The molecule has 0 bridgehead atoms. The molecule has 0 spiro atoms. The molecule has 0 N–H and O–H groups in total. The number of benzene rings is 1. The Balaban J connectivity index is 2.15. The Morgan fingerprint density at radius 3 is 2.89 bits per heavy atom. The third kappa shape index (κ3) is 1.59. The molecular formula is C16H18O2. The Labute approximate surface area is 108 Å². The monoisotopic (exact) mass is 242 g/mol. The first-order valence-electron chi connectivity index (χ1n) is 6.50. The summed E-state index contributed by atoms with van der Waals surface area (Å²) in [6.07, 6.45) is 3.47. The lowest BCUT2D eigenvalue weighted by atomic mass is 9.70. The van der Waals surface area contributed by atoms with E-state index in [1.54, 1.807) is 0 Å². The van der Waals surface area contributed by atoms with Crippen molar-refractivity contribution in [1.82, 2.24) is 0 Å². The van der Waals surface area contributed by atoms with Gasteiger partial charge in [-0.15, -0.1) is 0 Å². The molecule has 0 radical (unpaired) electrons. The number of carbonyl (C=O) groups is 1. The molecule has 0 saturated heterocycles. The van der Waals surface area contributed by atoms with Crippen LogP contribution in [0.3, 0.4) is 0 Å². The topological polar surface area (TPSA) is 26.3 Å². The van der Waals surface area contributed by atoms with Crippen molar-refractivity contribution in [2.45, 2.75) is 39.7 Å². The smallest absolute Gasteiger partial charge is 0.162 e. The van der Waals surface area contributed by atoms with Crippen molar-refractivity contribution in [2.24, 2.45) is 5.41 Å². The summed E-state index contributed by atoms with van der Waals surface area (Å²) in [5.74, 6) is 1.18. The van der Waals surface area contributed by atoms with Gasteiger partial charge < -0.3 is 4.74 Å². The van der Waals surface area contributed by atoms with Gasteiger partial charge in [0, 0.05) is 23.0 Å². The van der Waals surface area contributed by atoms with E-state index in [1.165, 1.54) is 0 Å². The Morgan fingerprint density at radius 1 is 1.33 bits per heavy atom. The highest BCUT2D eigenvalue weighted by Crippen LogP contribution is 2.44. The van der Waals surface area contributed by atoms with Crippen molar-refractivity contribution in [2.75, 3.05) is 0 Å². The van der Waals surface area contributed by atoms with Crippen LogP contribution in [0.25, 0.3) is 6.08 Å². The molecule has 94 valence electrons. The SMILES string of the molecule is Cc1cccc2c1O[C@H]1C(=C2)C(=O)CCC1(C)C. The van der Waals surface area contributed by atoms with Crippen molar-refractivity contribution < 1.29 is 9.53 Å². The van der Waals surface area contributed by atoms with E-state index >= 15 is 0 Å². The van der Waals surface area contributed by atoms with E-state index in [2.05, 4.69) is 26.8 Å². The van der Waals surface area contributed by atoms with Crippen LogP contribution in [-0.4, -0.2) is 11.9 Å². The third-order valence-electron chi connectivity index (χ3n) is 4.10. The minimum atomic E-state index is -0.0904. The van der Waals surface area contributed by atoms with Crippen LogP contribution < -0.4 is 4.74 Å². The molecule has 0 unspecified atom stereocenters. The zero-order valence-corrected chi connectivity index (χ0v) is 11.1. The number of fused-ring (bicyclic) bond motifs is 2. The Kier molecular flexibility index (Phi) is 2.37. The molecule has 1 fully saturated rings. The lowest BCUT2D eigenvalue weighted by Gasteiger charge is -2.41. The highest BCUT2D eigenvalue weighted by atomic mass is 16.5. The van der Waals surface area contributed by atoms with E-state index in [-0.39, 0.29) is 17.3 Å². The standard InChI is InChI=1S/C16H18O2/c1-10-5-4-6-11-9-12-13(17)7-8-16(2,3)15(12)18-14(10)11/h4-6,9,15H,7-8H2,1-3H3/t15-/m0/s1. The molecule has 1 heterocycles. The first-order chi connectivity index (χ1) is 8.49. The summed E-state index contributed by atoms with van der Waals surface area (Å²) < 4.78 is 6.16. The van der Waals surface area contributed by atoms with Gasteiger partial charge in [0.2, 0.25) is 0 Å². The summed E-state index contributed by atoms with van der Waals surface area (Å²) >= 11 is 0. The molecule has 18 heavy (non-hydrogen) atoms. The van der Waals surface area contributed by atoms with E-state index in [0.29, 0.717) is 6.42 Å². The molecule has 1 aromatic rings. The molecule has 1 saturated carbocycles. The van der Waals surface area contributed by atoms with Crippen LogP contribution in [0.1, 0.15) is 37.8 Å². The van der Waals surface area contributed by atoms with Crippen molar-refractivity contribution in [1.29, 1.82) is 0 Å². The van der Waals surface area contributed by atoms with Crippen LogP contribution in [0.4, 0.5) is 0 Å². The van der Waals surface area contributed by atoms with E-state index in [0.717, 1.165) is 28.9 Å². The van der Waals surface area contributed by atoms with Crippen LogP contribution in [0.15, 0.2) is 23.8 Å². The second-order valence-electron chi connectivity index (χ2n) is 6.00. The van der Waals surface area contributed by atoms with Gasteiger partial charge in [0.25, 0.3) is 0 Å². The van der Waals surface area contributed by atoms with Crippen molar-refractivity contribution in [3.63, 3.8) is 0 Å². The molecule has 1 aromatic carbocycles. The number of ketones is 1. The van der Waals surface area contributed by atoms with Crippen LogP contribution in [-0.2, 0) is 4.79 Å². The summed E-state index contributed by atoms with van der Waals surface area (Å²) in [7, 11) is 0. The van der Waals surface area contributed by atoms with Gasteiger partial charge in [0.1, 0.15) is 11.9 Å². The number of para-hydroxylation sites is 1. The summed E-state index contributed by atoms with van der Waals surface area (Å²) in [6, 6.07) is 6.07. The Morgan fingerprint density at radius 2 is 2.11 bits per heavy atom. The van der Waals surface area contributed by atoms with E-state index < -0.39 is 0 Å². The lowest BCUT2D eigenvalue weighted by Crippen LogP contribution is -2.44. The van der Waals surface area contributed by atoms with Gasteiger partial charge in [-0.1, -0.05) is 32.0 Å². The second-order valence-corrected chi connectivity index (χ2v) is 6.00. The van der Waals surface area contributed by atoms with E-state index in [4.69, 9.17) is 4.74 Å². The zero-order valence-electron chi connectivity index (χ0n) is 11.1. The summed E-state index contributed by atoms with van der Waals surface area (Å²) in [6.45, 7) is 6.41. The summed E-state index contributed by atoms with van der Waals surface area (Å²) in [4.78, 5) is 12.1. The average Bonchev–Trinajstić information content (AvgIpc) is 2.34. The van der Waals surface area contributed by atoms with Gasteiger partial charge in [-0.05, 0) is 25.0 Å². The molecule has 0 aromatic heterocycles. The van der Waals surface area contributed by atoms with Crippen LogP contribution in [0.2, 0.25) is 0 Å². The first kappa shape index (κ1) is 11.5. The summed E-state index contributed by atoms with van der Waals surface area (Å²) in [5.41, 5.74) is 3.05. The van der Waals surface area contributed by atoms with Crippen LogP contribution in [0, 0.1) is 12.3 Å². The highest BCUT2D eigenvalue weighted by Gasteiger charge is 2.43. The maximum absolute atomic E-state index is 12.1. The normalized spacial score (nSPS) is 24.7. The molecule has 2 heteroatoms. The maximum atomic E-state index is 12.1. The van der Waals surface area contributed by atoms with Crippen LogP contribution in [0.5, 0.6) is 5.75 Å². The summed E-state index contributed by atoms with van der Waals surface area (Å²) in [5, 5.41) is 0. The van der Waals surface area contributed by atoms with Gasteiger partial charge in [-0.3, -0.25) is 4.79 Å². The molecule has 1 atom stereocenters. The van der Waals surface area contributed by atoms with Gasteiger partial charge in [0.15, 0.2) is 5.78 Å². The number of ether oxygens (including phenoxy) is 1. The van der Waals surface area contributed by atoms with Gasteiger partial charge in [-0.25, -0.2) is 0 Å². The molecule has 2 nitrogen and oxygen atoms in total. The maximum Gasteiger partial charge on any atom is 0.162 e. The molecule has 1 aliphatic heterocycles. The third-order valence-corrected chi connectivity index (χ3v) is 4.10. The fourth-order valence-corrected chi connectivity index (χ4v) is 2.89. The average molecular weight is 242 g/mol.